The Labute approximate surface area is 73.6 Å². The Morgan fingerprint density at radius 3 is 2.30 bits per heavy atom. The summed E-state index contributed by atoms with van der Waals surface area (Å²) in [6, 6.07) is 3.42. The lowest BCUT2D eigenvalue weighted by atomic mass is 10.2. The van der Waals surface area contributed by atoms with Crippen LogP contribution in [0.15, 0.2) is 12.1 Å². The van der Waals surface area contributed by atoms with E-state index in [1.807, 2.05) is 13.0 Å². The van der Waals surface area contributed by atoms with Crippen molar-refractivity contribution in [1.82, 2.24) is 0 Å². The number of aryl methyl sites for hydroxylation is 2. The SMILES string of the molecule is Cc1cc(I)c(C)cc1F. The van der Waals surface area contributed by atoms with E-state index in [0.29, 0.717) is 0 Å². The van der Waals surface area contributed by atoms with Crippen LogP contribution in [0.25, 0.3) is 0 Å². The highest BCUT2D eigenvalue weighted by atomic mass is 127. The number of halogens is 2. The van der Waals surface area contributed by atoms with Gasteiger partial charge < -0.3 is 0 Å². The molecule has 0 N–H and O–H groups in total. The molecular formula is C8H8FI. The molecule has 2 heteroatoms. The number of hydrogen-bond donors (Lipinski definition) is 0. The van der Waals surface area contributed by atoms with Crippen molar-refractivity contribution in [1.29, 1.82) is 0 Å². The molecule has 0 amide bonds. The average molecular weight is 250 g/mol. The Morgan fingerprint density at radius 1 is 1.20 bits per heavy atom. The summed E-state index contributed by atoms with van der Waals surface area (Å²) in [5, 5.41) is 0. The van der Waals surface area contributed by atoms with Crippen molar-refractivity contribution in [2.24, 2.45) is 0 Å². The summed E-state index contributed by atoms with van der Waals surface area (Å²) in [6.45, 7) is 3.68. The van der Waals surface area contributed by atoms with E-state index in [2.05, 4.69) is 22.6 Å². The van der Waals surface area contributed by atoms with Gasteiger partial charge >= 0.3 is 0 Å². The molecule has 0 aliphatic heterocycles. The Balaban J connectivity index is 3.28. The molecule has 0 fully saturated rings. The van der Waals surface area contributed by atoms with E-state index in [-0.39, 0.29) is 5.82 Å². The molecule has 0 nitrogen and oxygen atoms in total. The summed E-state index contributed by atoms with van der Waals surface area (Å²) in [5.74, 6) is -0.113. The molecule has 0 bridgehead atoms. The van der Waals surface area contributed by atoms with Crippen molar-refractivity contribution < 1.29 is 4.39 Å². The third-order valence-corrected chi connectivity index (χ3v) is 2.60. The Hall–Kier alpha value is -0.120. The summed E-state index contributed by atoms with van der Waals surface area (Å²) in [7, 11) is 0. The second-order valence-corrected chi connectivity index (χ2v) is 3.51. The molecule has 10 heavy (non-hydrogen) atoms. The largest absolute Gasteiger partial charge is 0.207 e. The van der Waals surface area contributed by atoms with Gasteiger partial charge in [0.25, 0.3) is 0 Å². The van der Waals surface area contributed by atoms with Crippen molar-refractivity contribution in [2.45, 2.75) is 13.8 Å². The summed E-state index contributed by atoms with van der Waals surface area (Å²) < 4.78 is 13.9. The number of benzene rings is 1. The van der Waals surface area contributed by atoms with E-state index < -0.39 is 0 Å². The lowest BCUT2D eigenvalue weighted by molar-refractivity contribution is 0.617. The fraction of sp³-hybridized carbons (Fsp3) is 0.250. The van der Waals surface area contributed by atoms with E-state index in [1.54, 1.807) is 13.0 Å². The molecule has 0 radical (unpaired) electrons. The van der Waals surface area contributed by atoms with Crippen molar-refractivity contribution in [3.05, 3.63) is 32.6 Å². The fourth-order valence-corrected chi connectivity index (χ4v) is 1.37. The number of rotatable bonds is 0. The Morgan fingerprint density at radius 2 is 1.80 bits per heavy atom. The second kappa shape index (κ2) is 2.86. The Bertz CT molecular complexity index is 205. The first-order valence-corrected chi connectivity index (χ1v) is 4.11. The lowest BCUT2D eigenvalue weighted by Gasteiger charge is -2.00. The van der Waals surface area contributed by atoms with Crippen molar-refractivity contribution in [3.63, 3.8) is 0 Å². The van der Waals surface area contributed by atoms with Crippen LogP contribution < -0.4 is 0 Å². The van der Waals surface area contributed by atoms with Gasteiger partial charge in [0.15, 0.2) is 0 Å². The zero-order chi connectivity index (χ0) is 7.72. The average Bonchev–Trinajstić information content (AvgIpc) is 1.84. The monoisotopic (exact) mass is 250 g/mol. The van der Waals surface area contributed by atoms with Crippen LogP contribution in [0.2, 0.25) is 0 Å². The van der Waals surface area contributed by atoms with Gasteiger partial charge in [-0.3, -0.25) is 0 Å². The fourth-order valence-electron chi connectivity index (χ4n) is 0.746. The van der Waals surface area contributed by atoms with Crippen LogP contribution in [0, 0.1) is 23.2 Å². The zero-order valence-corrected chi connectivity index (χ0v) is 8.07. The summed E-state index contributed by atoms with van der Waals surface area (Å²) >= 11 is 2.20. The minimum Gasteiger partial charge on any atom is -0.207 e. The van der Waals surface area contributed by atoms with Gasteiger partial charge in [0, 0.05) is 3.57 Å². The van der Waals surface area contributed by atoms with E-state index in [4.69, 9.17) is 0 Å². The normalized spacial score (nSPS) is 10.0. The molecule has 0 saturated heterocycles. The molecule has 1 aromatic carbocycles. The van der Waals surface area contributed by atoms with Crippen molar-refractivity contribution >= 4 is 22.6 Å². The van der Waals surface area contributed by atoms with Crippen LogP contribution in [0.4, 0.5) is 4.39 Å². The highest BCUT2D eigenvalue weighted by Gasteiger charge is 1.99. The van der Waals surface area contributed by atoms with Gasteiger partial charge in [0.1, 0.15) is 5.82 Å². The van der Waals surface area contributed by atoms with Crippen LogP contribution in [-0.4, -0.2) is 0 Å². The molecule has 0 atom stereocenters. The van der Waals surface area contributed by atoms with Crippen molar-refractivity contribution in [2.75, 3.05) is 0 Å². The molecule has 0 aromatic heterocycles. The van der Waals surface area contributed by atoms with Gasteiger partial charge in [-0.1, -0.05) is 0 Å². The first kappa shape index (κ1) is 7.98. The third kappa shape index (κ3) is 1.48. The molecule has 0 heterocycles. The van der Waals surface area contributed by atoms with E-state index >= 15 is 0 Å². The lowest BCUT2D eigenvalue weighted by Crippen LogP contribution is -1.86. The van der Waals surface area contributed by atoms with Crippen LogP contribution in [0.3, 0.4) is 0 Å². The molecular weight excluding hydrogens is 242 g/mol. The predicted octanol–water partition coefficient (Wildman–Crippen LogP) is 3.05. The predicted molar refractivity (Wildman–Crippen MR) is 48.6 cm³/mol. The highest BCUT2D eigenvalue weighted by molar-refractivity contribution is 14.1. The maximum atomic E-state index is 12.8. The molecule has 0 saturated carbocycles. The molecule has 0 unspecified atom stereocenters. The maximum Gasteiger partial charge on any atom is 0.126 e. The molecule has 54 valence electrons. The summed E-state index contributed by atoms with van der Waals surface area (Å²) in [5.41, 5.74) is 1.72. The summed E-state index contributed by atoms with van der Waals surface area (Å²) in [4.78, 5) is 0. The zero-order valence-electron chi connectivity index (χ0n) is 5.91. The van der Waals surface area contributed by atoms with Crippen LogP contribution in [0.5, 0.6) is 0 Å². The first-order chi connectivity index (χ1) is 4.61. The van der Waals surface area contributed by atoms with E-state index in [1.165, 1.54) is 0 Å². The third-order valence-electron chi connectivity index (χ3n) is 1.44. The standard InChI is InChI=1S/C8H8FI/c1-5-4-8(10)6(2)3-7(5)9/h3-4H,1-2H3. The van der Waals surface area contributed by atoms with E-state index in [0.717, 1.165) is 14.7 Å². The summed E-state index contributed by atoms with van der Waals surface area (Å²) in [6.07, 6.45) is 0. The van der Waals surface area contributed by atoms with Crippen LogP contribution in [0.1, 0.15) is 11.1 Å². The van der Waals surface area contributed by atoms with Gasteiger partial charge in [-0.15, -0.1) is 0 Å². The van der Waals surface area contributed by atoms with Crippen molar-refractivity contribution in [3.8, 4) is 0 Å². The highest BCUT2D eigenvalue weighted by Crippen LogP contribution is 2.15. The maximum absolute atomic E-state index is 12.8. The second-order valence-electron chi connectivity index (χ2n) is 2.35. The van der Waals surface area contributed by atoms with Gasteiger partial charge in [-0.25, -0.2) is 4.39 Å². The minimum atomic E-state index is -0.113. The topological polar surface area (TPSA) is 0 Å². The molecule has 1 aromatic rings. The number of hydrogen-bond acceptors (Lipinski definition) is 0. The van der Waals surface area contributed by atoms with Gasteiger partial charge in [0.05, 0.1) is 0 Å². The minimum absolute atomic E-state index is 0.113. The molecule has 0 aliphatic rings. The molecule has 0 aliphatic carbocycles. The van der Waals surface area contributed by atoms with E-state index in [9.17, 15) is 4.39 Å². The Kier molecular flexibility index (Phi) is 2.28. The van der Waals surface area contributed by atoms with Crippen LogP contribution >= 0.6 is 22.6 Å². The van der Waals surface area contributed by atoms with Gasteiger partial charge in [0.2, 0.25) is 0 Å². The quantitative estimate of drug-likeness (QED) is 0.621. The smallest absolute Gasteiger partial charge is 0.126 e. The van der Waals surface area contributed by atoms with Crippen LogP contribution in [-0.2, 0) is 0 Å². The molecule has 1 rings (SSSR count). The van der Waals surface area contributed by atoms with Gasteiger partial charge in [-0.05, 0) is 59.7 Å². The first-order valence-electron chi connectivity index (χ1n) is 3.03. The molecule has 0 spiro atoms. The van der Waals surface area contributed by atoms with Gasteiger partial charge in [-0.2, -0.15) is 0 Å².